The molecule has 2 atom stereocenters. The summed E-state index contributed by atoms with van der Waals surface area (Å²) in [5.41, 5.74) is 0.987. The van der Waals surface area contributed by atoms with Gasteiger partial charge in [-0.05, 0) is 49.8 Å². The molecule has 106 valence electrons. The van der Waals surface area contributed by atoms with Crippen molar-refractivity contribution >= 4 is 11.6 Å². The predicted octanol–water partition coefficient (Wildman–Crippen LogP) is 4.43. The Kier molecular flexibility index (Phi) is 6.08. The van der Waals surface area contributed by atoms with E-state index in [1.54, 1.807) is 12.1 Å². The first-order valence-electron chi connectivity index (χ1n) is 6.88. The average molecular weight is 287 g/mol. The minimum absolute atomic E-state index is 0.0672. The fourth-order valence-corrected chi connectivity index (χ4v) is 2.41. The van der Waals surface area contributed by atoms with E-state index in [1.165, 1.54) is 12.1 Å². The molecule has 4 heteroatoms. The zero-order chi connectivity index (χ0) is 13.5. The Morgan fingerprint density at radius 3 is 2.74 bits per heavy atom. The molecule has 1 saturated heterocycles. The number of alkyl halides is 1. The van der Waals surface area contributed by atoms with Gasteiger partial charge in [-0.2, -0.15) is 0 Å². The van der Waals surface area contributed by atoms with Gasteiger partial charge in [0.1, 0.15) is 5.82 Å². The van der Waals surface area contributed by atoms with Crippen molar-refractivity contribution in [2.24, 2.45) is 0 Å². The van der Waals surface area contributed by atoms with Crippen LogP contribution in [0.2, 0.25) is 0 Å². The maximum absolute atomic E-state index is 13.0. The lowest BCUT2D eigenvalue weighted by atomic mass is 10.0. The molecular formula is C15H20ClFO2. The Balaban J connectivity index is 1.99. The molecule has 0 aromatic heterocycles. The summed E-state index contributed by atoms with van der Waals surface area (Å²) in [5.74, 6) is 0.376. The third kappa shape index (κ3) is 4.75. The van der Waals surface area contributed by atoms with Gasteiger partial charge in [0.2, 0.25) is 0 Å². The Morgan fingerprint density at radius 2 is 2.11 bits per heavy atom. The van der Waals surface area contributed by atoms with Crippen molar-refractivity contribution in [3.05, 3.63) is 35.6 Å². The van der Waals surface area contributed by atoms with Crippen LogP contribution in [-0.4, -0.2) is 18.8 Å². The highest BCUT2D eigenvalue weighted by atomic mass is 35.5. The maximum atomic E-state index is 13.0. The van der Waals surface area contributed by atoms with E-state index in [-0.39, 0.29) is 18.2 Å². The maximum Gasteiger partial charge on any atom is 0.158 e. The van der Waals surface area contributed by atoms with Gasteiger partial charge in [0.15, 0.2) is 6.29 Å². The number of rotatable bonds is 6. The van der Waals surface area contributed by atoms with E-state index in [0.29, 0.717) is 5.88 Å². The lowest BCUT2D eigenvalue weighted by Gasteiger charge is -2.28. The summed E-state index contributed by atoms with van der Waals surface area (Å²) >= 11 is 5.75. The fourth-order valence-electron chi connectivity index (χ4n) is 2.25. The van der Waals surface area contributed by atoms with Crippen LogP contribution in [0.3, 0.4) is 0 Å². The van der Waals surface area contributed by atoms with E-state index in [0.717, 1.165) is 44.3 Å². The van der Waals surface area contributed by atoms with Gasteiger partial charge in [0, 0.05) is 12.5 Å². The second kappa shape index (κ2) is 7.83. The summed E-state index contributed by atoms with van der Waals surface area (Å²) in [5, 5.41) is 0. The van der Waals surface area contributed by atoms with Gasteiger partial charge in [-0.15, -0.1) is 11.6 Å². The van der Waals surface area contributed by atoms with Crippen LogP contribution in [0.4, 0.5) is 4.39 Å². The summed E-state index contributed by atoms with van der Waals surface area (Å²) in [4.78, 5) is 0. The second-order valence-electron chi connectivity index (χ2n) is 4.80. The number of benzene rings is 1. The van der Waals surface area contributed by atoms with E-state index in [1.807, 2.05) is 0 Å². The standard InChI is InChI=1S/C15H20ClFO2/c16-10-3-4-14(12-6-8-13(17)9-7-12)19-15-5-1-2-11-18-15/h6-9,14-15H,1-5,10-11H2. The molecule has 0 bridgehead atoms. The molecule has 1 aliphatic rings. The van der Waals surface area contributed by atoms with Crippen LogP contribution in [0, 0.1) is 5.82 Å². The van der Waals surface area contributed by atoms with Gasteiger partial charge < -0.3 is 9.47 Å². The number of hydrogen-bond acceptors (Lipinski definition) is 2. The van der Waals surface area contributed by atoms with E-state index in [4.69, 9.17) is 21.1 Å². The highest BCUT2D eigenvalue weighted by molar-refractivity contribution is 6.17. The lowest BCUT2D eigenvalue weighted by molar-refractivity contribution is -0.191. The molecule has 0 saturated carbocycles. The monoisotopic (exact) mass is 286 g/mol. The van der Waals surface area contributed by atoms with Crippen LogP contribution in [0.5, 0.6) is 0 Å². The smallest absolute Gasteiger partial charge is 0.158 e. The zero-order valence-corrected chi connectivity index (χ0v) is 11.7. The van der Waals surface area contributed by atoms with Crippen LogP contribution < -0.4 is 0 Å². The molecule has 1 aliphatic heterocycles. The molecule has 0 radical (unpaired) electrons. The normalized spacial score (nSPS) is 21.3. The van der Waals surface area contributed by atoms with Crippen molar-refractivity contribution in [1.82, 2.24) is 0 Å². The van der Waals surface area contributed by atoms with Gasteiger partial charge in [-0.1, -0.05) is 12.1 Å². The average Bonchev–Trinajstić information content (AvgIpc) is 2.45. The predicted molar refractivity (Wildman–Crippen MR) is 73.8 cm³/mol. The largest absolute Gasteiger partial charge is 0.353 e. The fraction of sp³-hybridized carbons (Fsp3) is 0.600. The molecule has 2 unspecified atom stereocenters. The van der Waals surface area contributed by atoms with E-state index in [2.05, 4.69) is 0 Å². The molecule has 1 aromatic rings. The highest BCUT2D eigenvalue weighted by Crippen LogP contribution is 2.28. The second-order valence-corrected chi connectivity index (χ2v) is 5.18. The Labute approximate surface area is 118 Å². The van der Waals surface area contributed by atoms with Crippen LogP contribution in [0.15, 0.2) is 24.3 Å². The Bertz CT molecular complexity index is 363. The molecule has 19 heavy (non-hydrogen) atoms. The molecule has 0 aliphatic carbocycles. The molecule has 2 nitrogen and oxygen atoms in total. The summed E-state index contributed by atoms with van der Waals surface area (Å²) in [6.07, 6.45) is 4.66. The van der Waals surface area contributed by atoms with Crippen LogP contribution in [-0.2, 0) is 9.47 Å². The first kappa shape index (κ1) is 14.8. The van der Waals surface area contributed by atoms with Crippen LogP contribution in [0.1, 0.15) is 43.8 Å². The van der Waals surface area contributed by atoms with Crippen LogP contribution in [0.25, 0.3) is 0 Å². The quantitative estimate of drug-likeness (QED) is 0.720. The van der Waals surface area contributed by atoms with Crippen molar-refractivity contribution in [3.8, 4) is 0 Å². The number of halogens is 2. The third-order valence-electron chi connectivity index (χ3n) is 3.30. The van der Waals surface area contributed by atoms with Gasteiger partial charge in [-0.3, -0.25) is 0 Å². The van der Waals surface area contributed by atoms with Crippen molar-refractivity contribution in [2.75, 3.05) is 12.5 Å². The van der Waals surface area contributed by atoms with Gasteiger partial charge in [0.25, 0.3) is 0 Å². The molecule has 1 aromatic carbocycles. The van der Waals surface area contributed by atoms with Crippen LogP contribution >= 0.6 is 11.6 Å². The molecule has 2 rings (SSSR count). The molecule has 0 N–H and O–H groups in total. The Morgan fingerprint density at radius 1 is 1.32 bits per heavy atom. The SMILES string of the molecule is Fc1ccc(C(CCCCl)OC2CCCCO2)cc1. The summed E-state index contributed by atoms with van der Waals surface area (Å²) in [6, 6.07) is 6.48. The summed E-state index contributed by atoms with van der Waals surface area (Å²) in [7, 11) is 0. The van der Waals surface area contributed by atoms with E-state index in [9.17, 15) is 4.39 Å². The molecule has 1 fully saturated rings. The van der Waals surface area contributed by atoms with Crippen molar-refractivity contribution in [3.63, 3.8) is 0 Å². The Hall–Kier alpha value is -0.640. The first-order chi connectivity index (χ1) is 9.29. The van der Waals surface area contributed by atoms with Crippen molar-refractivity contribution in [1.29, 1.82) is 0 Å². The van der Waals surface area contributed by atoms with Crippen molar-refractivity contribution in [2.45, 2.75) is 44.5 Å². The minimum Gasteiger partial charge on any atom is -0.353 e. The number of ether oxygens (including phenoxy) is 2. The van der Waals surface area contributed by atoms with E-state index >= 15 is 0 Å². The molecular weight excluding hydrogens is 267 g/mol. The van der Waals surface area contributed by atoms with Gasteiger partial charge >= 0.3 is 0 Å². The molecule has 1 heterocycles. The lowest BCUT2D eigenvalue weighted by Crippen LogP contribution is -2.24. The number of hydrogen-bond donors (Lipinski definition) is 0. The first-order valence-corrected chi connectivity index (χ1v) is 7.41. The summed E-state index contributed by atoms with van der Waals surface area (Å²) < 4.78 is 24.6. The summed E-state index contributed by atoms with van der Waals surface area (Å²) in [6.45, 7) is 0.760. The van der Waals surface area contributed by atoms with Gasteiger partial charge in [-0.25, -0.2) is 4.39 Å². The zero-order valence-electron chi connectivity index (χ0n) is 11.0. The van der Waals surface area contributed by atoms with E-state index < -0.39 is 0 Å². The third-order valence-corrected chi connectivity index (χ3v) is 3.56. The molecule has 0 amide bonds. The van der Waals surface area contributed by atoms with Gasteiger partial charge in [0.05, 0.1) is 6.10 Å². The minimum atomic E-state index is -0.228. The molecule has 0 spiro atoms. The van der Waals surface area contributed by atoms with Crippen molar-refractivity contribution < 1.29 is 13.9 Å². The topological polar surface area (TPSA) is 18.5 Å². The highest BCUT2D eigenvalue weighted by Gasteiger charge is 2.20.